The molecule has 1 aromatic carbocycles. The number of aryl methyl sites for hydroxylation is 1. The van der Waals surface area contributed by atoms with Gasteiger partial charge in [0.05, 0.1) is 4.92 Å². The average molecular weight is 299 g/mol. The number of carbonyl (C=O) groups is 1. The fourth-order valence-corrected chi connectivity index (χ4v) is 2.21. The normalized spacial score (nSPS) is 10.3. The summed E-state index contributed by atoms with van der Waals surface area (Å²) in [4.78, 5) is 26.9. The summed E-state index contributed by atoms with van der Waals surface area (Å²) in [6, 6.07) is 10.2. The van der Waals surface area contributed by atoms with Crippen LogP contribution in [0.4, 0.5) is 5.69 Å². The number of aromatic nitrogens is 1. The van der Waals surface area contributed by atoms with Crippen molar-refractivity contribution in [1.29, 1.82) is 0 Å². The van der Waals surface area contributed by atoms with Crippen molar-refractivity contribution in [2.45, 2.75) is 20.3 Å². The van der Waals surface area contributed by atoms with E-state index < -0.39 is 4.92 Å². The maximum Gasteiger partial charge on any atom is 0.273 e. The van der Waals surface area contributed by atoms with Gasteiger partial charge in [-0.25, -0.2) is 0 Å². The third kappa shape index (κ3) is 3.66. The molecule has 1 N–H and O–H groups in total. The molecule has 0 radical (unpaired) electrons. The molecule has 6 nitrogen and oxygen atoms in total. The molecular weight excluding hydrogens is 282 g/mol. The number of hydrogen-bond donors (Lipinski definition) is 1. The Balaban J connectivity index is 2.01. The number of nitro benzene ring substituents is 1. The van der Waals surface area contributed by atoms with Crippen LogP contribution in [0, 0.1) is 24.0 Å². The average Bonchev–Trinajstić information content (AvgIpc) is 2.47. The maximum atomic E-state index is 12.1. The second-order valence-electron chi connectivity index (χ2n) is 4.98. The summed E-state index contributed by atoms with van der Waals surface area (Å²) in [6.45, 7) is 3.92. The Morgan fingerprint density at radius 3 is 2.64 bits per heavy atom. The van der Waals surface area contributed by atoms with Crippen LogP contribution in [-0.4, -0.2) is 22.4 Å². The third-order valence-corrected chi connectivity index (χ3v) is 3.36. The second-order valence-corrected chi connectivity index (χ2v) is 4.98. The van der Waals surface area contributed by atoms with Gasteiger partial charge in [-0.3, -0.25) is 19.9 Å². The van der Waals surface area contributed by atoms with E-state index in [2.05, 4.69) is 10.3 Å². The summed E-state index contributed by atoms with van der Waals surface area (Å²) in [5.74, 6) is -0.311. The fourth-order valence-electron chi connectivity index (χ4n) is 2.21. The van der Waals surface area contributed by atoms with Crippen molar-refractivity contribution in [2.24, 2.45) is 0 Å². The molecule has 1 heterocycles. The van der Waals surface area contributed by atoms with E-state index in [4.69, 9.17) is 0 Å². The topological polar surface area (TPSA) is 85.1 Å². The zero-order valence-electron chi connectivity index (χ0n) is 12.5. The van der Waals surface area contributed by atoms with Crippen LogP contribution in [0.2, 0.25) is 0 Å². The largest absolute Gasteiger partial charge is 0.352 e. The van der Waals surface area contributed by atoms with E-state index in [-0.39, 0.29) is 11.6 Å². The highest BCUT2D eigenvalue weighted by Gasteiger charge is 2.17. The van der Waals surface area contributed by atoms with Gasteiger partial charge >= 0.3 is 0 Å². The minimum atomic E-state index is -0.483. The summed E-state index contributed by atoms with van der Waals surface area (Å²) in [5, 5.41) is 13.7. The minimum absolute atomic E-state index is 0.0481. The van der Waals surface area contributed by atoms with Crippen molar-refractivity contribution in [1.82, 2.24) is 10.3 Å². The van der Waals surface area contributed by atoms with Gasteiger partial charge in [0.15, 0.2) is 0 Å². The number of benzene rings is 1. The Bertz CT molecular complexity index is 714. The van der Waals surface area contributed by atoms with Crippen LogP contribution in [0.25, 0.3) is 0 Å². The van der Waals surface area contributed by atoms with E-state index >= 15 is 0 Å². The van der Waals surface area contributed by atoms with Gasteiger partial charge in [0.25, 0.3) is 11.6 Å². The first-order valence-corrected chi connectivity index (χ1v) is 6.94. The third-order valence-electron chi connectivity index (χ3n) is 3.36. The highest BCUT2D eigenvalue weighted by molar-refractivity contribution is 5.96. The molecule has 0 aliphatic rings. The zero-order valence-corrected chi connectivity index (χ0v) is 12.5. The van der Waals surface area contributed by atoms with Crippen LogP contribution in [-0.2, 0) is 6.42 Å². The molecule has 0 saturated heterocycles. The summed E-state index contributed by atoms with van der Waals surface area (Å²) < 4.78 is 0. The van der Waals surface area contributed by atoms with E-state index in [1.165, 1.54) is 12.1 Å². The van der Waals surface area contributed by atoms with Crippen molar-refractivity contribution in [2.75, 3.05) is 6.54 Å². The summed E-state index contributed by atoms with van der Waals surface area (Å²) in [7, 11) is 0. The smallest absolute Gasteiger partial charge is 0.273 e. The lowest BCUT2D eigenvalue weighted by molar-refractivity contribution is -0.385. The number of nitro groups is 1. The van der Waals surface area contributed by atoms with Crippen LogP contribution in [0.1, 0.15) is 27.3 Å². The van der Waals surface area contributed by atoms with Crippen LogP contribution in [0.15, 0.2) is 36.4 Å². The fraction of sp³-hybridized carbons (Fsp3) is 0.250. The standard InChI is InChI=1S/C16H17N3O3/c1-11-5-3-6-13(18-11)9-10-17-16(20)14-7-4-8-15(12(14)2)19(21)22/h3-8H,9-10H2,1-2H3,(H,17,20). The zero-order chi connectivity index (χ0) is 16.1. The molecule has 0 aliphatic carbocycles. The van der Waals surface area contributed by atoms with Crippen molar-refractivity contribution in [3.8, 4) is 0 Å². The predicted octanol–water partition coefficient (Wildman–Crippen LogP) is 2.58. The van der Waals surface area contributed by atoms with Crippen molar-refractivity contribution >= 4 is 11.6 Å². The molecule has 0 saturated carbocycles. The summed E-state index contributed by atoms with van der Waals surface area (Å²) >= 11 is 0. The molecule has 0 spiro atoms. The second kappa shape index (κ2) is 6.80. The number of carbonyl (C=O) groups excluding carboxylic acids is 1. The van der Waals surface area contributed by atoms with Gasteiger partial charge in [-0.2, -0.15) is 0 Å². The Labute approximate surface area is 128 Å². The highest BCUT2D eigenvalue weighted by atomic mass is 16.6. The number of nitrogens with zero attached hydrogens (tertiary/aromatic N) is 2. The van der Waals surface area contributed by atoms with E-state index in [9.17, 15) is 14.9 Å². The van der Waals surface area contributed by atoms with E-state index in [1.807, 2.05) is 25.1 Å². The molecule has 0 aliphatic heterocycles. The van der Waals surface area contributed by atoms with E-state index in [1.54, 1.807) is 13.0 Å². The Morgan fingerprint density at radius 2 is 1.95 bits per heavy atom. The van der Waals surface area contributed by atoms with Crippen molar-refractivity contribution in [3.63, 3.8) is 0 Å². The first kappa shape index (κ1) is 15.6. The quantitative estimate of drug-likeness (QED) is 0.679. The number of hydrogen-bond acceptors (Lipinski definition) is 4. The molecule has 0 unspecified atom stereocenters. The Morgan fingerprint density at radius 1 is 1.23 bits per heavy atom. The van der Waals surface area contributed by atoms with Gasteiger partial charge in [-0.05, 0) is 32.0 Å². The SMILES string of the molecule is Cc1cccc(CCNC(=O)c2cccc([N+](=O)[O-])c2C)n1. The van der Waals surface area contributed by atoms with Crippen LogP contribution in [0.5, 0.6) is 0 Å². The van der Waals surface area contributed by atoms with Gasteiger partial charge in [0, 0.05) is 41.5 Å². The number of amides is 1. The first-order chi connectivity index (χ1) is 10.5. The molecule has 114 valence electrons. The van der Waals surface area contributed by atoms with Crippen molar-refractivity contribution < 1.29 is 9.72 Å². The molecule has 2 rings (SSSR count). The maximum absolute atomic E-state index is 12.1. The van der Waals surface area contributed by atoms with Crippen LogP contribution < -0.4 is 5.32 Å². The molecule has 6 heteroatoms. The lowest BCUT2D eigenvalue weighted by Crippen LogP contribution is -2.26. The molecular formula is C16H17N3O3. The lowest BCUT2D eigenvalue weighted by Gasteiger charge is -2.08. The summed E-state index contributed by atoms with van der Waals surface area (Å²) in [6.07, 6.45) is 0.612. The Kier molecular flexibility index (Phi) is 4.83. The molecule has 0 atom stereocenters. The van der Waals surface area contributed by atoms with Gasteiger partial charge in [0.2, 0.25) is 0 Å². The monoisotopic (exact) mass is 299 g/mol. The summed E-state index contributed by atoms with van der Waals surface area (Å²) in [5.41, 5.74) is 2.48. The molecule has 22 heavy (non-hydrogen) atoms. The molecule has 1 aromatic heterocycles. The van der Waals surface area contributed by atoms with Gasteiger partial charge in [0.1, 0.15) is 0 Å². The number of rotatable bonds is 5. The molecule has 2 aromatic rings. The van der Waals surface area contributed by atoms with E-state index in [0.717, 1.165) is 11.4 Å². The molecule has 1 amide bonds. The number of pyridine rings is 1. The van der Waals surface area contributed by atoms with Crippen molar-refractivity contribution in [3.05, 3.63) is 69.0 Å². The molecule has 0 bridgehead atoms. The highest BCUT2D eigenvalue weighted by Crippen LogP contribution is 2.20. The first-order valence-electron chi connectivity index (χ1n) is 6.94. The number of nitrogens with one attached hydrogen (secondary N) is 1. The predicted molar refractivity (Wildman–Crippen MR) is 82.8 cm³/mol. The Hall–Kier alpha value is -2.76. The van der Waals surface area contributed by atoms with Crippen LogP contribution >= 0.6 is 0 Å². The van der Waals surface area contributed by atoms with Gasteiger partial charge in [-0.1, -0.05) is 12.1 Å². The molecule has 0 fully saturated rings. The van der Waals surface area contributed by atoms with Crippen LogP contribution in [0.3, 0.4) is 0 Å². The lowest BCUT2D eigenvalue weighted by atomic mass is 10.1. The van der Waals surface area contributed by atoms with Gasteiger partial charge < -0.3 is 5.32 Å². The minimum Gasteiger partial charge on any atom is -0.352 e. The van der Waals surface area contributed by atoms with E-state index in [0.29, 0.717) is 24.1 Å². The van der Waals surface area contributed by atoms with Gasteiger partial charge in [-0.15, -0.1) is 0 Å².